The van der Waals surface area contributed by atoms with Crippen LogP contribution in [0.25, 0.3) is 0 Å². The van der Waals surface area contributed by atoms with Gasteiger partial charge in [-0.25, -0.2) is 9.37 Å². The Kier molecular flexibility index (Phi) is 3.79. The second-order valence-electron chi connectivity index (χ2n) is 3.94. The molecule has 2 heterocycles. The summed E-state index contributed by atoms with van der Waals surface area (Å²) in [6.45, 7) is 1.73. The molecule has 0 fully saturated rings. The summed E-state index contributed by atoms with van der Waals surface area (Å²) >= 11 is 0. The summed E-state index contributed by atoms with van der Waals surface area (Å²) in [6, 6.07) is 4.27. The summed E-state index contributed by atoms with van der Waals surface area (Å²) in [5.41, 5.74) is 0.397. The van der Waals surface area contributed by atoms with Crippen LogP contribution in [0.15, 0.2) is 36.8 Å². The first-order chi connectivity index (χ1) is 9.09. The molecule has 1 amide bonds. The summed E-state index contributed by atoms with van der Waals surface area (Å²) < 4.78 is 26.3. The lowest BCUT2D eigenvalue weighted by atomic mass is 10.1. The number of nitrogens with one attached hydrogen (secondary N) is 1. The molecule has 0 spiro atoms. The second kappa shape index (κ2) is 5.51. The molecule has 1 atom stereocenters. The zero-order chi connectivity index (χ0) is 13.8. The van der Waals surface area contributed by atoms with E-state index in [1.54, 1.807) is 31.5 Å². The maximum absolute atomic E-state index is 13.4. The van der Waals surface area contributed by atoms with Crippen molar-refractivity contribution in [2.45, 2.75) is 13.0 Å². The summed E-state index contributed by atoms with van der Waals surface area (Å²) in [7, 11) is 0. The molecule has 1 N–H and O–H groups in total. The molecular weight excluding hydrogens is 252 g/mol. The lowest BCUT2D eigenvalue weighted by Crippen LogP contribution is -2.27. The number of pyridine rings is 2. The number of amides is 1. The van der Waals surface area contributed by atoms with Gasteiger partial charge in [-0.15, -0.1) is 0 Å². The highest BCUT2D eigenvalue weighted by atomic mass is 19.2. The van der Waals surface area contributed by atoms with Crippen LogP contribution >= 0.6 is 0 Å². The van der Waals surface area contributed by atoms with E-state index < -0.39 is 17.7 Å². The van der Waals surface area contributed by atoms with Crippen LogP contribution in [0, 0.1) is 11.8 Å². The molecule has 0 radical (unpaired) electrons. The smallest absolute Gasteiger partial charge is 0.254 e. The van der Waals surface area contributed by atoms with Crippen molar-refractivity contribution in [3.05, 3.63) is 59.7 Å². The molecule has 1 unspecified atom stereocenters. The highest BCUT2D eigenvalue weighted by molar-refractivity contribution is 5.94. The van der Waals surface area contributed by atoms with E-state index in [1.807, 2.05) is 0 Å². The molecule has 0 aliphatic rings. The maximum atomic E-state index is 13.4. The topological polar surface area (TPSA) is 54.9 Å². The van der Waals surface area contributed by atoms with E-state index in [0.717, 1.165) is 17.8 Å². The van der Waals surface area contributed by atoms with Gasteiger partial charge < -0.3 is 5.32 Å². The Morgan fingerprint density at radius 3 is 2.79 bits per heavy atom. The average Bonchev–Trinajstić information content (AvgIpc) is 2.42. The number of hydrogen-bond acceptors (Lipinski definition) is 3. The number of nitrogens with zero attached hydrogens (tertiary/aromatic N) is 2. The van der Waals surface area contributed by atoms with Crippen molar-refractivity contribution in [1.29, 1.82) is 0 Å². The predicted molar refractivity (Wildman–Crippen MR) is 64.3 cm³/mol. The molecule has 2 aromatic heterocycles. The van der Waals surface area contributed by atoms with Gasteiger partial charge in [0, 0.05) is 18.6 Å². The fourth-order valence-electron chi connectivity index (χ4n) is 1.58. The molecule has 19 heavy (non-hydrogen) atoms. The third-order valence-corrected chi connectivity index (χ3v) is 2.62. The Hall–Kier alpha value is -2.37. The number of halogens is 2. The molecule has 0 aliphatic carbocycles. The van der Waals surface area contributed by atoms with Crippen molar-refractivity contribution in [3.63, 3.8) is 0 Å². The summed E-state index contributed by atoms with van der Waals surface area (Å²) in [5, 5.41) is 2.57. The van der Waals surface area contributed by atoms with E-state index in [-0.39, 0.29) is 11.6 Å². The zero-order valence-electron chi connectivity index (χ0n) is 10.1. The lowest BCUT2D eigenvalue weighted by Gasteiger charge is -2.14. The van der Waals surface area contributed by atoms with Gasteiger partial charge >= 0.3 is 0 Å². The van der Waals surface area contributed by atoms with Crippen LogP contribution < -0.4 is 5.32 Å². The highest BCUT2D eigenvalue weighted by Crippen LogP contribution is 2.13. The quantitative estimate of drug-likeness (QED) is 0.864. The largest absolute Gasteiger partial charge is 0.345 e. The molecule has 98 valence electrons. The van der Waals surface area contributed by atoms with E-state index in [1.165, 1.54) is 0 Å². The van der Waals surface area contributed by atoms with E-state index >= 15 is 0 Å². The van der Waals surface area contributed by atoms with Crippen LogP contribution in [0.3, 0.4) is 0 Å². The molecule has 0 bridgehead atoms. The number of rotatable bonds is 3. The van der Waals surface area contributed by atoms with Crippen LogP contribution in [-0.2, 0) is 0 Å². The zero-order valence-corrected chi connectivity index (χ0v) is 10.1. The molecule has 6 heteroatoms. The van der Waals surface area contributed by atoms with Crippen LogP contribution in [0.5, 0.6) is 0 Å². The average molecular weight is 263 g/mol. The Bertz CT molecular complexity index is 590. The Morgan fingerprint density at radius 1 is 1.32 bits per heavy atom. The second-order valence-corrected chi connectivity index (χ2v) is 3.94. The summed E-state index contributed by atoms with van der Waals surface area (Å²) in [6.07, 6.45) is 4.24. The van der Waals surface area contributed by atoms with E-state index in [4.69, 9.17) is 0 Å². The lowest BCUT2D eigenvalue weighted by molar-refractivity contribution is 0.0934. The first kappa shape index (κ1) is 13.1. The van der Waals surface area contributed by atoms with Crippen LogP contribution in [-0.4, -0.2) is 15.9 Å². The van der Waals surface area contributed by atoms with Gasteiger partial charge in [-0.05, 0) is 24.6 Å². The minimum atomic E-state index is -1.29. The molecule has 0 saturated heterocycles. The first-order valence-corrected chi connectivity index (χ1v) is 5.60. The van der Waals surface area contributed by atoms with Gasteiger partial charge in [0.1, 0.15) is 0 Å². The third-order valence-electron chi connectivity index (χ3n) is 2.62. The fraction of sp³-hybridized carbons (Fsp3) is 0.154. The minimum absolute atomic E-state index is 0.364. The van der Waals surface area contributed by atoms with Gasteiger partial charge in [0.05, 0.1) is 11.6 Å². The standard InChI is InChI=1S/C13H11F2N3O/c1-8(9-3-2-5-16-7-9)18-13(19)10-4-6-17-12(15)11(10)14/h2-8H,1H3,(H,18,19). The van der Waals surface area contributed by atoms with Crippen molar-refractivity contribution in [2.75, 3.05) is 0 Å². The molecule has 4 nitrogen and oxygen atoms in total. The van der Waals surface area contributed by atoms with E-state index in [2.05, 4.69) is 15.3 Å². The van der Waals surface area contributed by atoms with Crippen molar-refractivity contribution < 1.29 is 13.6 Å². The molecule has 2 aromatic rings. The SMILES string of the molecule is CC(NC(=O)c1ccnc(F)c1F)c1cccnc1. The van der Waals surface area contributed by atoms with Crippen LogP contribution in [0.2, 0.25) is 0 Å². The number of carbonyl (C=O) groups is 1. The van der Waals surface area contributed by atoms with Crippen molar-refractivity contribution in [1.82, 2.24) is 15.3 Å². The highest BCUT2D eigenvalue weighted by Gasteiger charge is 2.18. The predicted octanol–water partition coefficient (Wildman–Crippen LogP) is 2.25. The van der Waals surface area contributed by atoms with Gasteiger partial charge in [0.2, 0.25) is 5.95 Å². The van der Waals surface area contributed by atoms with Gasteiger partial charge in [-0.2, -0.15) is 4.39 Å². The number of hydrogen-bond donors (Lipinski definition) is 1. The van der Waals surface area contributed by atoms with Crippen LogP contribution in [0.4, 0.5) is 8.78 Å². The molecule has 0 aliphatic heterocycles. The van der Waals surface area contributed by atoms with Crippen molar-refractivity contribution in [2.24, 2.45) is 0 Å². The molecule has 0 saturated carbocycles. The van der Waals surface area contributed by atoms with Crippen molar-refractivity contribution >= 4 is 5.91 Å². The fourth-order valence-corrected chi connectivity index (χ4v) is 1.58. The van der Waals surface area contributed by atoms with Gasteiger partial charge in [0.15, 0.2) is 5.82 Å². The van der Waals surface area contributed by atoms with E-state index in [0.29, 0.717) is 0 Å². The Labute approximate surface area is 108 Å². The third kappa shape index (κ3) is 2.90. The normalized spacial score (nSPS) is 11.9. The molecule has 2 rings (SSSR count). The molecule has 0 aromatic carbocycles. The van der Waals surface area contributed by atoms with E-state index in [9.17, 15) is 13.6 Å². The van der Waals surface area contributed by atoms with Gasteiger partial charge in [0.25, 0.3) is 5.91 Å². The Morgan fingerprint density at radius 2 is 2.11 bits per heavy atom. The minimum Gasteiger partial charge on any atom is -0.345 e. The maximum Gasteiger partial charge on any atom is 0.254 e. The molecular formula is C13H11F2N3O. The van der Waals surface area contributed by atoms with Crippen molar-refractivity contribution in [3.8, 4) is 0 Å². The Balaban J connectivity index is 2.16. The van der Waals surface area contributed by atoms with Gasteiger partial charge in [-0.3, -0.25) is 9.78 Å². The number of carbonyl (C=O) groups excluding carboxylic acids is 1. The van der Waals surface area contributed by atoms with Crippen LogP contribution in [0.1, 0.15) is 28.9 Å². The summed E-state index contributed by atoms with van der Waals surface area (Å²) in [5.74, 6) is -3.24. The number of aromatic nitrogens is 2. The first-order valence-electron chi connectivity index (χ1n) is 5.60. The summed E-state index contributed by atoms with van der Waals surface area (Å²) in [4.78, 5) is 18.9. The monoisotopic (exact) mass is 263 g/mol. The van der Waals surface area contributed by atoms with Gasteiger partial charge in [-0.1, -0.05) is 6.07 Å².